The van der Waals surface area contributed by atoms with Crippen LogP contribution in [0.2, 0.25) is 0 Å². The molecule has 1 amide bonds. The smallest absolute Gasteiger partial charge is 0.411 e. The maximum Gasteiger partial charge on any atom is 0.411 e. The molecule has 8 heteroatoms. The molecule has 1 aliphatic heterocycles. The largest absolute Gasteiger partial charge is 0.470 e. The summed E-state index contributed by atoms with van der Waals surface area (Å²) in [5, 5.41) is 4.74. The Morgan fingerprint density at radius 1 is 1.35 bits per heavy atom. The minimum absolute atomic E-state index is 0.108. The molecule has 140 valence electrons. The molecule has 2 aromatic rings. The maximum absolute atomic E-state index is 12.4. The van der Waals surface area contributed by atoms with E-state index in [1.54, 1.807) is 33.0 Å². The van der Waals surface area contributed by atoms with Gasteiger partial charge in [-0.05, 0) is 40.7 Å². The van der Waals surface area contributed by atoms with Crippen LogP contribution in [0, 0.1) is 6.92 Å². The summed E-state index contributed by atoms with van der Waals surface area (Å²) in [6.45, 7) is 8.90. The second-order valence-corrected chi connectivity index (χ2v) is 7.50. The third-order valence-corrected chi connectivity index (χ3v) is 4.17. The zero-order chi connectivity index (χ0) is 19.1. The van der Waals surface area contributed by atoms with Crippen molar-refractivity contribution in [2.45, 2.75) is 58.8 Å². The van der Waals surface area contributed by atoms with Crippen molar-refractivity contribution in [3.8, 4) is 5.88 Å². The summed E-state index contributed by atoms with van der Waals surface area (Å²) in [7, 11) is 0. The Morgan fingerprint density at radius 3 is 2.73 bits per heavy atom. The molecule has 1 fully saturated rings. The Labute approximate surface area is 151 Å². The average Bonchev–Trinajstić information content (AvgIpc) is 3.11. The molecule has 0 spiro atoms. The van der Waals surface area contributed by atoms with Crippen LogP contribution < -0.4 is 4.74 Å². The second kappa shape index (κ2) is 6.59. The van der Waals surface area contributed by atoms with Crippen molar-refractivity contribution < 1.29 is 23.6 Å². The van der Waals surface area contributed by atoms with E-state index in [1.807, 2.05) is 6.92 Å². The van der Waals surface area contributed by atoms with Gasteiger partial charge in [0.2, 0.25) is 5.58 Å². The summed E-state index contributed by atoms with van der Waals surface area (Å²) in [4.78, 5) is 30.1. The van der Waals surface area contributed by atoms with E-state index in [-0.39, 0.29) is 18.4 Å². The molecule has 26 heavy (non-hydrogen) atoms. The fraction of sp³-hybridized carbons (Fsp3) is 0.556. The maximum atomic E-state index is 12.4. The lowest BCUT2D eigenvalue weighted by Gasteiger charge is -2.27. The van der Waals surface area contributed by atoms with Crippen molar-refractivity contribution in [3.05, 3.63) is 18.0 Å². The quantitative estimate of drug-likeness (QED) is 0.829. The highest BCUT2D eigenvalue weighted by Crippen LogP contribution is 2.29. The third-order valence-electron chi connectivity index (χ3n) is 4.17. The molecule has 0 radical (unpaired) electrons. The summed E-state index contributed by atoms with van der Waals surface area (Å²) < 4.78 is 16.7. The Morgan fingerprint density at radius 2 is 2.08 bits per heavy atom. The van der Waals surface area contributed by atoms with Crippen LogP contribution in [0.25, 0.3) is 11.0 Å². The predicted molar refractivity (Wildman–Crippen MR) is 93.0 cm³/mol. The van der Waals surface area contributed by atoms with Crippen molar-refractivity contribution in [1.29, 1.82) is 0 Å². The Bertz CT molecular complexity index is 839. The van der Waals surface area contributed by atoms with Gasteiger partial charge in [-0.25, -0.2) is 9.78 Å². The molecule has 3 rings (SSSR count). The number of hydrogen-bond donors (Lipinski definition) is 0. The van der Waals surface area contributed by atoms with E-state index in [1.165, 1.54) is 11.8 Å². The number of aryl methyl sites for hydroxylation is 1. The second-order valence-electron chi connectivity index (χ2n) is 7.50. The van der Waals surface area contributed by atoms with Gasteiger partial charge in [0.1, 0.15) is 11.7 Å². The third kappa shape index (κ3) is 3.63. The van der Waals surface area contributed by atoms with Crippen LogP contribution in [0.4, 0.5) is 4.79 Å². The molecule has 0 bridgehead atoms. The van der Waals surface area contributed by atoms with Crippen molar-refractivity contribution in [3.63, 3.8) is 0 Å². The minimum Gasteiger partial charge on any atom is -0.470 e. The van der Waals surface area contributed by atoms with Gasteiger partial charge in [-0.15, -0.1) is 0 Å². The van der Waals surface area contributed by atoms with Crippen LogP contribution in [0.3, 0.4) is 0 Å². The monoisotopic (exact) mass is 361 g/mol. The van der Waals surface area contributed by atoms with Gasteiger partial charge in [0.05, 0.1) is 23.7 Å². The van der Waals surface area contributed by atoms with E-state index in [2.05, 4.69) is 10.1 Å². The first-order valence-electron chi connectivity index (χ1n) is 8.53. The molecule has 1 saturated heterocycles. The standard InChI is InChI=1S/C18H23N3O5/c1-10-13-6-7-19-16(15(13)26-20-10)24-12-8-14(11(2)22)21(9-12)17(23)25-18(3,4)5/h6-7,12,14H,8-9H2,1-5H3/t12-,14+/m1/s1. The van der Waals surface area contributed by atoms with Crippen LogP contribution in [0.1, 0.15) is 39.8 Å². The number of fused-ring (bicyclic) bond motifs is 1. The number of carbonyl (C=O) groups excluding carboxylic acids is 2. The number of aromatic nitrogens is 2. The molecule has 2 atom stereocenters. The number of Topliss-reactive ketones (excluding diaryl/α,β-unsaturated/α-hetero) is 1. The Kier molecular flexibility index (Phi) is 4.60. The Hall–Kier alpha value is -2.64. The topological polar surface area (TPSA) is 94.8 Å². The molecule has 3 heterocycles. The number of rotatable bonds is 3. The van der Waals surface area contributed by atoms with Crippen molar-refractivity contribution >= 4 is 22.8 Å². The summed E-state index contributed by atoms with van der Waals surface area (Å²) in [5.74, 6) is 0.199. The van der Waals surface area contributed by atoms with Gasteiger partial charge < -0.3 is 14.0 Å². The summed E-state index contributed by atoms with van der Waals surface area (Å²) in [6.07, 6.45) is 1.08. The van der Waals surface area contributed by atoms with E-state index in [9.17, 15) is 9.59 Å². The molecule has 8 nitrogen and oxygen atoms in total. The van der Waals surface area contributed by atoms with Gasteiger partial charge in [0.25, 0.3) is 5.88 Å². The molecular formula is C18H23N3O5. The molecule has 0 saturated carbocycles. The van der Waals surface area contributed by atoms with Crippen molar-refractivity contribution in [2.24, 2.45) is 0 Å². The van der Waals surface area contributed by atoms with Crippen LogP contribution >= 0.6 is 0 Å². The number of amides is 1. The van der Waals surface area contributed by atoms with Gasteiger partial charge in [0.15, 0.2) is 5.78 Å². The number of ether oxygens (including phenoxy) is 2. The number of nitrogens with zero attached hydrogens (tertiary/aromatic N) is 3. The van der Waals surface area contributed by atoms with E-state index in [0.29, 0.717) is 17.9 Å². The van der Waals surface area contributed by atoms with E-state index in [4.69, 9.17) is 14.0 Å². The molecule has 0 N–H and O–H groups in total. The lowest BCUT2D eigenvalue weighted by molar-refractivity contribution is -0.121. The average molecular weight is 361 g/mol. The minimum atomic E-state index is -0.637. The fourth-order valence-electron chi connectivity index (χ4n) is 3.00. The zero-order valence-electron chi connectivity index (χ0n) is 15.6. The number of hydrogen-bond acceptors (Lipinski definition) is 7. The molecule has 0 aromatic carbocycles. The highest BCUT2D eigenvalue weighted by atomic mass is 16.6. The zero-order valence-corrected chi connectivity index (χ0v) is 15.6. The van der Waals surface area contributed by atoms with Crippen molar-refractivity contribution in [2.75, 3.05) is 6.54 Å². The lowest BCUT2D eigenvalue weighted by Crippen LogP contribution is -2.43. The number of pyridine rings is 1. The van der Waals surface area contributed by atoms with Crippen molar-refractivity contribution in [1.82, 2.24) is 15.0 Å². The molecule has 0 aliphatic carbocycles. The number of ketones is 1. The number of likely N-dealkylation sites (tertiary alicyclic amines) is 1. The molecule has 0 unspecified atom stereocenters. The molecule has 2 aromatic heterocycles. The van der Waals surface area contributed by atoms with Crippen LogP contribution in [-0.4, -0.2) is 51.2 Å². The first kappa shape index (κ1) is 18.2. The Balaban J connectivity index is 1.79. The molecule has 1 aliphatic rings. The van der Waals surface area contributed by atoms with Gasteiger partial charge in [-0.1, -0.05) is 5.16 Å². The van der Waals surface area contributed by atoms with Gasteiger partial charge in [-0.2, -0.15) is 0 Å². The lowest BCUT2D eigenvalue weighted by atomic mass is 10.1. The highest BCUT2D eigenvalue weighted by Gasteiger charge is 2.41. The first-order chi connectivity index (χ1) is 12.2. The van der Waals surface area contributed by atoms with Crippen LogP contribution in [-0.2, 0) is 9.53 Å². The summed E-state index contributed by atoms with van der Waals surface area (Å²) >= 11 is 0. The highest BCUT2D eigenvalue weighted by molar-refractivity contribution is 5.86. The SMILES string of the molecule is CC(=O)[C@@H]1C[C@@H](Oc2nccc3c(C)noc23)CN1C(=O)OC(C)(C)C. The van der Waals surface area contributed by atoms with Gasteiger partial charge in [0, 0.05) is 12.6 Å². The predicted octanol–water partition coefficient (Wildman–Crippen LogP) is 2.88. The van der Waals surface area contributed by atoms with E-state index < -0.39 is 17.7 Å². The van der Waals surface area contributed by atoms with Gasteiger partial charge >= 0.3 is 6.09 Å². The number of carbonyl (C=O) groups is 2. The first-order valence-corrected chi connectivity index (χ1v) is 8.53. The van der Waals surface area contributed by atoms with Gasteiger partial charge in [-0.3, -0.25) is 9.69 Å². The fourth-order valence-corrected chi connectivity index (χ4v) is 3.00. The normalized spacial score (nSPS) is 20.4. The summed E-state index contributed by atoms with van der Waals surface area (Å²) in [5.41, 5.74) is 0.567. The van der Waals surface area contributed by atoms with Crippen LogP contribution in [0.15, 0.2) is 16.8 Å². The van der Waals surface area contributed by atoms with Crippen LogP contribution in [0.5, 0.6) is 5.88 Å². The van der Waals surface area contributed by atoms with E-state index >= 15 is 0 Å². The summed E-state index contributed by atoms with van der Waals surface area (Å²) in [6, 6.07) is 1.22. The molecular weight excluding hydrogens is 338 g/mol. The van der Waals surface area contributed by atoms with E-state index in [0.717, 1.165) is 11.1 Å².